The highest BCUT2D eigenvalue weighted by atomic mass is 35.5. The van der Waals surface area contributed by atoms with Gasteiger partial charge in [-0.1, -0.05) is 46.3 Å². The molecule has 36 heavy (non-hydrogen) atoms. The molecule has 186 valence electrons. The maximum Gasteiger partial charge on any atom is 0.347 e. The van der Waals surface area contributed by atoms with Crippen molar-refractivity contribution >= 4 is 39.1 Å². The van der Waals surface area contributed by atoms with Gasteiger partial charge in [0.1, 0.15) is 24.1 Å². The summed E-state index contributed by atoms with van der Waals surface area (Å²) in [6.45, 7) is 3.51. The van der Waals surface area contributed by atoms with Crippen LogP contribution in [0.15, 0.2) is 76.7 Å². The van der Waals surface area contributed by atoms with Crippen molar-refractivity contribution in [3.63, 3.8) is 0 Å². The first-order valence-corrected chi connectivity index (χ1v) is 12.2. The molecule has 0 saturated heterocycles. The molecule has 0 radical (unpaired) electrons. The molecule has 1 N–H and O–H groups in total. The summed E-state index contributed by atoms with van der Waals surface area (Å²) in [6, 6.07) is 18.3. The summed E-state index contributed by atoms with van der Waals surface area (Å²) in [4.78, 5) is 35.3. The first-order valence-electron chi connectivity index (χ1n) is 11.0. The molecule has 0 saturated carbocycles. The average molecular weight is 527 g/mol. The summed E-state index contributed by atoms with van der Waals surface area (Å²) in [5.74, 6) is -0.0935. The van der Waals surface area contributed by atoms with Crippen LogP contribution in [0.3, 0.4) is 0 Å². The zero-order chi connectivity index (χ0) is 25.9. The molecular formula is C26H23ClN2O6S. The normalized spacial score (nSPS) is 12.3. The van der Waals surface area contributed by atoms with Gasteiger partial charge in [-0.3, -0.25) is 9.36 Å². The second-order valence-corrected chi connectivity index (χ2v) is 9.98. The molecule has 3 aromatic carbocycles. The number of thiazole rings is 1. The van der Waals surface area contributed by atoms with Crippen LogP contribution in [0.2, 0.25) is 5.02 Å². The number of hydrogen-bond donors (Lipinski definition) is 1. The van der Waals surface area contributed by atoms with Crippen molar-refractivity contribution in [3.05, 3.63) is 97.5 Å². The number of benzene rings is 3. The number of aliphatic carboxylic acids is 1. The van der Waals surface area contributed by atoms with Crippen LogP contribution in [0, 0.1) is 4.91 Å². The molecule has 0 amide bonds. The molecule has 0 bridgehead atoms. The average Bonchev–Trinajstić information content (AvgIpc) is 3.15. The lowest BCUT2D eigenvalue weighted by Gasteiger charge is -2.21. The SMILES string of the molecule is CC(C)(Oc1ccc(OCCn2c(=O)sc3cc(C(N=O)c4cccc(Cl)c4)ccc32)cc1)C(=O)O. The Hall–Kier alpha value is -3.69. The van der Waals surface area contributed by atoms with E-state index in [9.17, 15) is 19.6 Å². The molecule has 4 rings (SSSR count). The number of carboxylic acid groups (broad SMARTS) is 1. The number of carboxylic acids is 1. The van der Waals surface area contributed by atoms with Crippen LogP contribution in [0.4, 0.5) is 0 Å². The van der Waals surface area contributed by atoms with Crippen molar-refractivity contribution in [2.24, 2.45) is 5.18 Å². The number of ether oxygens (including phenoxy) is 2. The van der Waals surface area contributed by atoms with Crippen LogP contribution in [0.1, 0.15) is 31.0 Å². The van der Waals surface area contributed by atoms with Crippen molar-refractivity contribution in [2.45, 2.75) is 32.0 Å². The van der Waals surface area contributed by atoms with Crippen molar-refractivity contribution in [1.29, 1.82) is 0 Å². The van der Waals surface area contributed by atoms with Gasteiger partial charge in [-0.05, 0) is 73.5 Å². The van der Waals surface area contributed by atoms with E-state index in [2.05, 4.69) is 5.18 Å². The third-order valence-electron chi connectivity index (χ3n) is 5.57. The summed E-state index contributed by atoms with van der Waals surface area (Å²) < 4.78 is 13.6. The van der Waals surface area contributed by atoms with Gasteiger partial charge in [-0.15, -0.1) is 4.91 Å². The summed E-state index contributed by atoms with van der Waals surface area (Å²) in [7, 11) is 0. The van der Waals surface area contributed by atoms with Crippen LogP contribution in [0.5, 0.6) is 11.5 Å². The number of halogens is 1. The molecule has 0 aliphatic carbocycles. The Bertz CT molecular complexity index is 1460. The lowest BCUT2D eigenvalue weighted by molar-refractivity contribution is -0.152. The molecule has 0 aliphatic rings. The van der Waals surface area contributed by atoms with E-state index >= 15 is 0 Å². The Morgan fingerprint density at radius 1 is 1.08 bits per heavy atom. The van der Waals surface area contributed by atoms with E-state index in [1.165, 1.54) is 13.8 Å². The van der Waals surface area contributed by atoms with Crippen LogP contribution in [-0.4, -0.2) is 27.9 Å². The Morgan fingerprint density at radius 3 is 2.44 bits per heavy atom. The molecule has 1 heterocycles. The molecule has 8 nitrogen and oxygen atoms in total. The van der Waals surface area contributed by atoms with E-state index in [0.717, 1.165) is 21.6 Å². The molecule has 1 aromatic heterocycles. The van der Waals surface area contributed by atoms with Crippen LogP contribution >= 0.6 is 22.9 Å². The lowest BCUT2D eigenvalue weighted by Crippen LogP contribution is -2.37. The number of rotatable bonds is 10. The summed E-state index contributed by atoms with van der Waals surface area (Å²) in [5.41, 5.74) is 0.754. The number of aromatic nitrogens is 1. The first-order chi connectivity index (χ1) is 17.2. The number of fused-ring (bicyclic) bond motifs is 1. The smallest absolute Gasteiger partial charge is 0.347 e. The van der Waals surface area contributed by atoms with E-state index in [0.29, 0.717) is 34.2 Å². The predicted molar refractivity (Wildman–Crippen MR) is 139 cm³/mol. The third kappa shape index (κ3) is 5.58. The number of nitrogens with zero attached hydrogens (tertiary/aromatic N) is 2. The van der Waals surface area contributed by atoms with Gasteiger partial charge in [-0.25, -0.2) is 4.79 Å². The van der Waals surface area contributed by atoms with Gasteiger partial charge in [0.05, 0.1) is 16.8 Å². The Morgan fingerprint density at radius 2 is 1.78 bits per heavy atom. The van der Waals surface area contributed by atoms with Gasteiger partial charge in [0.2, 0.25) is 0 Å². The Balaban J connectivity index is 1.45. The predicted octanol–water partition coefficient (Wildman–Crippen LogP) is 5.89. The summed E-state index contributed by atoms with van der Waals surface area (Å²) in [6.07, 6.45) is 0. The lowest BCUT2D eigenvalue weighted by atomic mass is 9.99. The monoisotopic (exact) mass is 526 g/mol. The fraction of sp³-hybridized carbons (Fsp3) is 0.231. The standard InChI is InChI=1S/C26H23ClN2O6S/c1-26(2,24(30)31)35-20-9-7-19(8-10-20)34-13-12-29-21-11-6-17(15-22(21)36-25(29)32)23(28-33)16-4-3-5-18(27)14-16/h3-11,14-15,23H,12-13H2,1-2H3,(H,30,31). The maximum atomic E-state index is 12.6. The highest BCUT2D eigenvalue weighted by Gasteiger charge is 2.29. The zero-order valence-corrected chi connectivity index (χ0v) is 21.1. The van der Waals surface area contributed by atoms with Crippen molar-refractivity contribution in [1.82, 2.24) is 4.57 Å². The van der Waals surface area contributed by atoms with Crippen LogP contribution in [0.25, 0.3) is 10.2 Å². The second-order valence-electron chi connectivity index (χ2n) is 8.55. The zero-order valence-electron chi connectivity index (χ0n) is 19.5. The Labute approximate surface area is 215 Å². The number of carbonyl (C=O) groups is 1. The quantitative estimate of drug-likeness (QED) is 0.258. The van der Waals surface area contributed by atoms with Gasteiger partial charge in [0.25, 0.3) is 0 Å². The highest BCUT2D eigenvalue weighted by Crippen LogP contribution is 2.31. The molecule has 4 aromatic rings. The number of nitroso groups, excluding NO2 is 1. The van der Waals surface area contributed by atoms with Crippen molar-refractivity contribution in [3.8, 4) is 11.5 Å². The van der Waals surface area contributed by atoms with Crippen molar-refractivity contribution in [2.75, 3.05) is 6.61 Å². The van der Waals surface area contributed by atoms with Gasteiger partial charge in [0, 0.05) is 5.02 Å². The number of hydrogen-bond acceptors (Lipinski definition) is 7. The minimum absolute atomic E-state index is 0.135. The fourth-order valence-electron chi connectivity index (χ4n) is 3.65. The maximum absolute atomic E-state index is 12.6. The van der Waals surface area contributed by atoms with Crippen LogP contribution < -0.4 is 14.3 Å². The Kier molecular flexibility index (Phi) is 7.42. The molecule has 1 unspecified atom stereocenters. The van der Waals surface area contributed by atoms with Gasteiger partial charge < -0.3 is 14.6 Å². The van der Waals surface area contributed by atoms with Gasteiger partial charge >= 0.3 is 10.8 Å². The summed E-state index contributed by atoms with van der Waals surface area (Å²) >= 11 is 7.16. The first kappa shape index (κ1) is 25.4. The molecule has 0 spiro atoms. The molecule has 0 fully saturated rings. The fourth-order valence-corrected chi connectivity index (χ4v) is 4.82. The third-order valence-corrected chi connectivity index (χ3v) is 6.75. The second kappa shape index (κ2) is 10.5. The minimum atomic E-state index is -1.35. The van der Waals surface area contributed by atoms with E-state index in [-0.39, 0.29) is 11.5 Å². The van der Waals surface area contributed by atoms with Gasteiger partial charge in [-0.2, -0.15) is 0 Å². The van der Waals surface area contributed by atoms with E-state index < -0.39 is 17.6 Å². The molecule has 0 aliphatic heterocycles. The van der Waals surface area contributed by atoms with Crippen molar-refractivity contribution < 1.29 is 19.4 Å². The van der Waals surface area contributed by atoms with Crippen LogP contribution in [-0.2, 0) is 11.3 Å². The largest absolute Gasteiger partial charge is 0.492 e. The summed E-state index contributed by atoms with van der Waals surface area (Å²) in [5, 5.41) is 13.0. The van der Waals surface area contributed by atoms with E-state index in [4.69, 9.17) is 21.1 Å². The molecular weight excluding hydrogens is 504 g/mol. The van der Waals surface area contributed by atoms with E-state index in [1.807, 2.05) is 12.1 Å². The highest BCUT2D eigenvalue weighted by molar-refractivity contribution is 7.16. The molecule has 10 heteroatoms. The minimum Gasteiger partial charge on any atom is -0.492 e. The molecule has 1 atom stereocenters. The van der Waals surface area contributed by atoms with Gasteiger partial charge in [0.15, 0.2) is 5.60 Å². The van der Waals surface area contributed by atoms with E-state index in [1.54, 1.807) is 59.2 Å². The topological polar surface area (TPSA) is 107 Å².